The SMILES string of the molecule is NC1(c2ccc(-c3nc4ccc(C5(c6ccccc6)C=C5)nc4s3)c(F)c2)CC1. The van der Waals surface area contributed by atoms with Gasteiger partial charge in [0.2, 0.25) is 0 Å². The van der Waals surface area contributed by atoms with Crippen molar-refractivity contribution in [2.75, 3.05) is 0 Å². The molecule has 29 heavy (non-hydrogen) atoms. The molecule has 0 atom stereocenters. The summed E-state index contributed by atoms with van der Waals surface area (Å²) in [6.45, 7) is 0. The van der Waals surface area contributed by atoms with E-state index in [-0.39, 0.29) is 16.8 Å². The fourth-order valence-corrected chi connectivity index (χ4v) is 4.86. The second-order valence-electron chi connectivity index (χ2n) is 7.96. The zero-order chi connectivity index (χ0) is 19.6. The predicted molar refractivity (Wildman–Crippen MR) is 114 cm³/mol. The molecule has 5 heteroatoms. The van der Waals surface area contributed by atoms with E-state index in [2.05, 4.69) is 29.3 Å². The summed E-state index contributed by atoms with van der Waals surface area (Å²) < 4.78 is 14.8. The second kappa shape index (κ2) is 5.81. The van der Waals surface area contributed by atoms with Gasteiger partial charge in [-0.15, -0.1) is 0 Å². The lowest BCUT2D eigenvalue weighted by Crippen LogP contribution is -2.18. The monoisotopic (exact) mass is 399 g/mol. The number of fused-ring (bicyclic) bond motifs is 1. The van der Waals surface area contributed by atoms with E-state index in [4.69, 9.17) is 10.7 Å². The minimum absolute atomic E-state index is 0.230. The van der Waals surface area contributed by atoms with Crippen LogP contribution in [0.15, 0.2) is 72.8 Å². The third-order valence-corrected chi connectivity index (χ3v) is 6.99. The fourth-order valence-electron chi connectivity index (χ4n) is 3.89. The zero-order valence-corrected chi connectivity index (χ0v) is 16.4. The van der Waals surface area contributed by atoms with Gasteiger partial charge >= 0.3 is 0 Å². The first kappa shape index (κ1) is 17.0. The van der Waals surface area contributed by atoms with Crippen molar-refractivity contribution in [3.63, 3.8) is 0 Å². The van der Waals surface area contributed by atoms with Crippen LogP contribution in [-0.4, -0.2) is 9.97 Å². The average Bonchev–Trinajstić information content (AvgIpc) is 3.66. The molecular formula is C24H18FN3S. The minimum Gasteiger partial charge on any atom is -0.321 e. The van der Waals surface area contributed by atoms with Crippen molar-refractivity contribution in [3.05, 3.63) is 95.5 Å². The van der Waals surface area contributed by atoms with Crippen LogP contribution in [0.3, 0.4) is 0 Å². The second-order valence-corrected chi connectivity index (χ2v) is 8.94. The molecule has 1 saturated carbocycles. The maximum atomic E-state index is 14.8. The first-order valence-electron chi connectivity index (χ1n) is 9.71. The summed E-state index contributed by atoms with van der Waals surface area (Å²) in [5.41, 5.74) is 9.97. The molecule has 0 aliphatic heterocycles. The molecule has 1 fully saturated rings. The number of hydrogen-bond donors (Lipinski definition) is 1. The van der Waals surface area contributed by atoms with Gasteiger partial charge in [-0.1, -0.05) is 59.9 Å². The number of hydrogen-bond acceptors (Lipinski definition) is 4. The quantitative estimate of drug-likeness (QED) is 0.474. The molecule has 142 valence electrons. The highest BCUT2D eigenvalue weighted by molar-refractivity contribution is 7.21. The predicted octanol–water partition coefficient (Wildman–Crippen LogP) is 5.30. The van der Waals surface area contributed by atoms with Gasteiger partial charge in [0.05, 0.1) is 11.1 Å². The molecule has 0 spiro atoms. The molecule has 6 rings (SSSR count). The van der Waals surface area contributed by atoms with Crippen molar-refractivity contribution < 1.29 is 4.39 Å². The van der Waals surface area contributed by atoms with E-state index in [0.29, 0.717) is 10.6 Å². The Labute approximate surface area is 171 Å². The normalized spacial score (nSPS) is 18.1. The Morgan fingerprint density at radius 1 is 0.897 bits per heavy atom. The van der Waals surface area contributed by atoms with Gasteiger partial charge in [0.15, 0.2) is 0 Å². The largest absolute Gasteiger partial charge is 0.321 e. The summed E-state index contributed by atoms with van der Waals surface area (Å²) in [5, 5.41) is 0.646. The highest BCUT2D eigenvalue weighted by atomic mass is 32.1. The lowest BCUT2D eigenvalue weighted by atomic mass is 9.89. The van der Waals surface area contributed by atoms with Gasteiger partial charge < -0.3 is 5.73 Å². The van der Waals surface area contributed by atoms with Gasteiger partial charge in [-0.3, -0.25) is 0 Å². The van der Waals surface area contributed by atoms with Crippen LogP contribution in [-0.2, 0) is 11.0 Å². The molecule has 2 heterocycles. The van der Waals surface area contributed by atoms with Crippen molar-refractivity contribution in [2.45, 2.75) is 23.8 Å². The zero-order valence-electron chi connectivity index (χ0n) is 15.6. The number of thiazole rings is 1. The summed E-state index contributed by atoms with van der Waals surface area (Å²) in [5.74, 6) is -0.275. The van der Waals surface area contributed by atoms with Crippen LogP contribution in [0.5, 0.6) is 0 Å². The van der Waals surface area contributed by atoms with Crippen LogP contribution in [0.4, 0.5) is 4.39 Å². The summed E-state index contributed by atoms with van der Waals surface area (Å²) >= 11 is 1.43. The molecule has 2 aliphatic rings. The van der Waals surface area contributed by atoms with E-state index in [1.54, 1.807) is 12.1 Å². The molecule has 2 N–H and O–H groups in total. The molecule has 3 nitrogen and oxygen atoms in total. The van der Waals surface area contributed by atoms with E-state index in [9.17, 15) is 4.39 Å². The van der Waals surface area contributed by atoms with Crippen LogP contribution in [0, 0.1) is 5.82 Å². The molecule has 0 radical (unpaired) electrons. The molecule has 0 unspecified atom stereocenters. The number of halogens is 1. The Kier molecular flexibility index (Phi) is 3.41. The Morgan fingerprint density at radius 2 is 1.69 bits per heavy atom. The number of rotatable bonds is 4. The summed E-state index contributed by atoms with van der Waals surface area (Å²) in [6.07, 6.45) is 6.16. The fraction of sp³-hybridized carbons (Fsp3) is 0.167. The highest BCUT2D eigenvalue weighted by Crippen LogP contribution is 2.46. The van der Waals surface area contributed by atoms with Crippen LogP contribution in [0.1, 0.15) is 29.7 Å². The highest BCUT2D eigenvalue weighted by Gasteiger charge is 2.41. The Morgan fingerprint density at radius 3 is 2.38 bits per heavy atom. The van der Waals surface area contributed by atoms with Gasteiger partial charge in [0.1, 0.15) is 21.2 Å². The Balaban J connectivity index is 1.39. The number of pyridine rings is 1. The molecule has 2 aliphatic carbocycles. The van der Waals surface area contributed by atoms with E-state index < -0.39 is 0 Å². The standard InChI is InChI=1S/C24H18FN3S/c25-18-14-16(24(26)12-13-24)6-7-17(18)21-27-19-8-9-20(28-22(19)29-21)23(10-11-23)15-4-2-1-3-5-15/h1-11,14H,12-13,26H2. The summed E-state index contributed by atoms with van der Waals surface area (Å²) in [6, 6.07) is 19.6. The van der Waals surface area contributed by atoms with Crippen LogP contribution < -0.4 is 5.73 Å². The average molecular weight is 399 g/mol. The molecule has 0 bridgehead atoms. The lowest BCUT2D eigenvalue weighted by Gasteiger charge is -2.15. The molecule has 2 aromatic heterocycles. The van der Waals surface area contributed by atoms with E-state index in [1.165, 1.54) is 16.9 Å². The van der Waals surface area contributed by atoms with Crippen molar-refractivity contribution >= 4 is 21.7 Å². The van der Waals surface area contributed by atoms with Gasteiger partial charge in [0.25, 0.3) is 0 Å². The molecule has 2 aromatic carbocycles. The Bertz CT molecular complexity index is 1280. The maximum absolute atomic E-state index is 14.8. The minimum atomic E-state index is -0.341. The van der Waals surface area contributed by atoms with E-state index in [1.807, 2.05) is 36.4 Å². The summed E-state index contributed by atoms with van der Waals surface area (Å²) in [4.78, 5) is 10.3. The van der Waals surface area contributed by atoms with Crippen molar-refractivity contribution in [3.8, 4) is 10.6 Å². The number of aromatic nitrogens is 2. The van der Waals surface area contributed by atoms with Gasteiger partial charge in [-0.05, 0) is 48.2 Å². The van der Waals surface area contributed by atoms with E-state index >= 15 is 0 Å². The number of allylic oxidation sites excluding steroid dienone is 2. The smallest absolute Gasteiger partial charge is 0.144 e. The molecule has 0 saturated heterocycles. The third kappa shape index (κ3) is 2.65. The van der Waals surface area contributed by atoms with Gasteiger partial charge in [-0.25, -0.2) is 14.4 Å². The van der Waals surface area contributed by atoms with Crippen molar-refractivity contribution in [1.29, 1.82) is 0 Å². The van der Waals surface area contributed by atoms with Crippen LogP contribution >= 0.6 is 11.3 Å². The van der Waals surface area contributed by atoms with E-state index in [0.717, 1.165) is 34.4 Å². The first-order chi connectivity index (χ1) is 14.1. The first-order valence-corrected chi connectivity index (χ1v) is 10.5. The number of benzene rings is 2. The van der Waals surface area contributed by atoms with Crippen LogP contribution in [0.2, 0.25) is 0 Å². The van der Waals surface area contributed by atoms with Crippen LogP contribution in [0.25, 0.3) is 20.9 Å². The number of nitrogens with two attached hydrogens (primary N) is 1. The van der Waals surface area contributed by atoms with Gasteiger partial charge in [0, 0.05) is 11.1 Å². The molecule has 4 aromatic rings. The summed E-state index contributed by atoms with van der Waals surface area (Å²) in [7, 11) is 0. The topological polar surface area (TPSA) is 51.8 Å². The number of nitrogens with zero attached hydrogens (tertiary/aromatic N) is 2. The van der Waals surface area contributed by atoms with Crippen molar-refractivity contribution in [1.82, 2.24) is 9.97 Å². The molecular weight excluding hydrogens is 381 g/mol. The third-order valence-electron chi connectivity index (χ3n) is 5.99. The maximum Gasteiger partial charge on any atom is 0.144 e. The molecule has 0 amide bonds. The van der Waals surface area contributed by atoms with Crippen molar-refractivity contribution in [2.24, 2.45) is 5.73 Å². The Hall–Kier alpha value is -2.89. The lowest BCUT2D eigenvalue weighted by molar-refractivity contribution is 0.621. The van der Waals surface area contributed by atoms with Gasteiger partial charge in [-0.2, -0.15) is 0 Å².